The second-order valence-corrected chi connectivity index (χ2v) is 7.74. The molecule has 0 aliphatic carbocycles. The van der Waals surface area contributed by atoms with Crippen molar-refractivity contribution in [2.75, 3.05) is 0 Å². The van der Waals surface area contributed by atoms with E-state index in [1.54, 1.807) is 0 Å². The Hall–Kier alpha value is -0.300. The molecule has 1 saturated heterocycles. The van der Waals surface area contributed by atoms with Gasteiger partial charge in [0.05, 0.1) is 12.2 Å². The van der Waals surface area contributed by atoms with Crippen LogP contribution in [0.25, 0.3) is 0 Å². The lowest BCUT2D eigenvalue weighted by Crippen LogP contribution is -1.92. The minimum atomic E-state index is 0.551. The molecule has 2 atom stereocenters. The first kappa shape index (κ1) is 21.7. The van der Waals surface area contributed by atoms with E-state index in [4.69, 9.17) is 4.74 Å². The summed E-state index contributed by atoms with van der Waals surface area (Å²) in [7, 11) is 0. The van der Waals surface area contributed by atoms with Crippen LogP contribution < -0.4 is 0 Å². The van der Waals surface area contributed by atoms with Gasteiger partial charge in [0.1, 0.15) is 0 Å². The molecule has 1 heteroatoms. The molecule has 0 aromatic carbocycles. The van der Waals surface area contributed by atoms with E-state index in [1.165, 1.54) is 103 Å². The zero-order valence-corrected chi connectivity index (χ0v) is 16.7. The van der Waals surface area contributed by atoms with Crippen molar-refractivity contribution in [3.05, 3.63) is 12.2 Å². The van der Waals surface area contributed by atoms with Gasteiger partial charge in [-0.3, -0.25) is 0 Å². The molecule has 0 N–H and O–H groups in total. The normalized spacial score (nSPS) is 20.1. The van der Waals surface area contributed by atoms with Gasteiger partial charge in [0.15, 0.2) is 0 Å². The van der Waals surface area contributed by atoms with Crippen LogP contribution in [0.2, 0.25) is 0 Å². The molecule has 0 aromatic rings. The van der Waals surface area contributed by atoms with E-state index in [9.17, 15) is 0 Å². The molecule has 0 bridgehead atoms. The van der Waals surface area contributed by atoms with Crippen molar-refractivity contribution in [3.8, 4) is 0 Å². The first-order chi connectivity index (χ1) is 11.9. The average Bonchev–Trinajstić information content (AvgIpc) is 3.34. The molecule has 1 fully saturated rings. The third-order valence-corrected chi connectivity index (χ3v) is 5.29. The Kier molecular flexibility index (Phi) is 14.7. The molecule has 142 valence electrons. The van der Waals surface area contributed by atoms with Crippen molar-refractivity contribution < 1.29 is 4.74 Å². The Morgan fingerprint density at radius 3 is 1.75 bits per heavy atom. The fourth-order valence-corrected chi connectivity index (χ4v) is 3.51. The van der Waals surface area contributed by atoms with Gasteiger partial charge >= 0.3 is 0 Å². The van der Waals surface area contributed by atoms with E-state index >= 15 is 0 Å². The van der Waals surface area contributed by atoms with Gasteiger partial charge in [0.25, 0.3) is 0 Å². The first-order valence-corrected chi connectivity index (χ1v) is 11.2. The van der Waals surface area contributed by atoms with Crippen LogP contribution >= 0.6 is 0 Å². The predicted octanol–water partition coefficient (Wildman–Crippen LogP) is 7.98. The molecule has 0 saturated carbocycles. The van der Waals surface area contributed by atoms with Gasteiger partial charge in [-0.15, -0.1) is 0 Å². The summed E-state index contributed by atoms with van der Waals surface area (Å²) in [4.78, 5) is 0. The standard InChI is InChI=1S/C23H44O/c1-3-5-7-8-9-10-11-12-13-14-15-16-17-19-21-23-22(24-23)20-18-6-4-2/h17,19,22-23H,3-16,18,20-21H2,1-2H3/b19-17-/t22-,23-/m1/s1. The molecule has 24 heavy (non-hydrogen) atoms. The van der Waals surface area contributed by atoms with E-state index in [0.717, 1.165) is 6.42 Å². The fourth-order valence-electron chi connectivity index (χ4n) is 3.51. The lowest BCUT2D eigenvalue weighted by atomic mass is 10.1. The molecule has 0 radical (unpaired) electrons. The molecular weight excluding hydrogens is 292 g/mol. The van der Waals surface area contributed by atoms with Gasteiger partial charge in [-0.05, 0) is 25.7 Å². The van der Waals surface area contributed by atoms with Crippen LogP contribution in [-0.4, -0.2) is 12.2 Å². The maximum Gasteiger partial charge on any atom is 0.0876 e. The highest BCUT2D eigenvalue weighted by molar-refractivity contribution is 4.93. The van der Waals surface area contributed by atoms with Gasteiger partial charge in [-0.1, -0.05) is 109 Å². The molecular formula is C23H44O. The quantitative estimate of drug-likeness (QED) is 0.140. The Morgan fingerprint density at radius 1 is 0.583 bits per heavy atom. The van der Waals surface area contributed by atoms with Crippen LogP contribution in [0.15, 0.2) is 12.2 Å². The number of allylic oxidation sites excluding steroid dienone is 1. The second kappa shape index (κ2) is 16.2. The third-order valence-electron chi connectivity index (χ3n) is 5.29. The highest BCUT2D eigenvalue weighted by atomic mass is 16.6. The van der Waals surface area contributed by atoms with Gasteiger partial charge < -0.3 is 4.74 Å². The number of hydrogen-bond acceptors (Lipinski definition) is 1. The minimum Gasteiger partial charge on any atom is -0.369 e. The summed E-state index contributed by atoms with van der Waals surface area (Å²) < 4.78 is 5.73. The number of hydrogen-bond donors (Lipinski definition) is 0. The molecule has 0 spiro atoms. The molecule has 1 nitrogen and oxygen atoms in total. The largest absolute Gasteiger partial charge is 0.369 e. The van der Waals surface area contributed by atoms with Crippen LogP contribution in [0.4, 0.5) is 0 Å². The Bertz CT molecular complexity index is 284. The first-order valence-electron chi connectivity index (χ1n) is 11.2. The number of unbranched alkanes of at least 4 members (excludes halogenated alkanes) is 13. The van der Waals surface area contributed by atoms with Crippen molar-refractivity contribution in [1.29, 1.82) is 0 Å². The van der Waals surface area contributed by atoms with Crippen molar-refractivity contribution in [2.24, 2.45) is 0 Å². The molecule has 1 aliphatic heterocycles. The monoisotopic (exact) mass is 336 g/mol. The maximum atomic E-state index is 5.73. The van der Waals surface area contributed by atoms with Crippen LogP contribution in [0, 0.1) is 0 Å². The summed E-state index contributed by atoms with van der Waals surface area (Å²) in [6.07, 6.45) is 29.4. The molecule has 0 unspecified atom stereocenters. The van der Waals surface area contributed by atoms with E-state index in [2.05, 4.69) is 26.0 Å². The Balaban J connectivity index is 1.73. The zero-order chi connectivity index (χ0) is 17.3. The summed E-state index contributed by atoms with van der Waals surface area (Å²) >= 11 is 0. The molecule has 1 rings (SSSR count). The molecule has 1 aliphatic rings. The Morgan fingerprint density at radius 2 is 1.12 bits per heavy atom. The highest BCUT2D eigenvalue weighted by Gasteiger charge is 2.36. The summed E-state index contributed by atoms with van der Waals surface area (Å²) in [6.45, 7) is 4.56. The van der Waals surface area contributed by atoms with Crippen LogP contribution in [-0.2, 0) is 4.74 Å². The minimum absolute atomic E-state index is 0.551. The maximum absolute atomic E-state index is 5.73. The summed E-state index contributed by atoms with van der Waals surface area (Å²) in [5.41, 5.74) is 0. The Labute approximate surface area is 152 Å². The van der Waals surface area contributed by atoms with Crippen LogP contribution in [0.5, 0.6) is 0 Å². The van der Waals surface area contributed by atoms with Crippen LogP contribution in [0.3, 0.4) is 0 Å². The second-order valence-electron chi connectivity index (χ2n) is 7.74. The topological polar surface area (TPSA) is 12.5 Å². The molecule has 0 amide bonds. The van der Waals surface area contributed by atoms with E-state index in [0.29, 0.717) is 12.2 Å². The highest BCUT2D eigenvalue weighted by Crippen LogP contribution is 2.30. The average molecular weight is 337 g/mol. The lowest BCUT2D eigenvalue weighted by Gasteiger charge is -2.01. The van der Waals surface area contributed by atoms with E-state index in [1.807, 2.05) is 0 Å². The van der Waals surface area contributed by atoms with E-state index in [-0.39, 0.29) is 0 Å². The predicted molar refractivity (Wildman–Crippen MR) is 108 cm³/mol. The van der Waals surface area contributed by atoms with Gasteiger partial charge in [-0.25, -0.2) is 0 Å². The van der Waals surface area contributed by atoms with Gasteiger partial charge in [-0.2, -0.15) is 0 Å². The lowest BCUT2D eigenvalue weighted by molar-refractivity contribution is 0.359. The fraction of sp³-hybridized carbons (Fsp3) is 0.913. The number of rotatable bonds is 18. The SMILES string of the molecule is CCCCCCCCCCCCC/C=C\C[C@H]1O[C@@H]1CCCCC. The van der Waals surface area contributed by atoms with Crippen molar-refractivity contribution >= 4 is 0 Å². The summed E-state index contributed by atoms with van der Waals surface area (Å²) in [5.74, 6) is 0. The molecule has 0 aromatic heterocycles. The summed E-state index contributed by atoms with van der Waals surface area (Å²) in [6, 6.07) is 0. The smallest absolute Gasteiger partial charge is 0.0876 e. The van der Waals surface area contributed by atoms with Crippen molar-refractivity contribution in [1.82, 2.24) is 0 Å². The third kappa shape index (κ3) is 13.0. The number of ether oxygens (including phenoxy) is 1. The van der Waals surface area contributed by atoms with Crippen molar-refractivity contribution in [3.63, 3.8) is 0 Å². The number of epoxide rings is 1. The van der Waals surface area contributed by atoms with E-state index < -0.39 is 0 Å². The van der Waals surface area contributed by atoms with Gasteiger partial charge in [0.2, 0.25) is 0 Å². The van der Waals surface area contributed by atoms with Crippen LogP contribution in [0.1, 0.15) is 123 Å². The zero-order valence-electron chi connectivity index (χ0n) is 16.7. The molecule has 1 heterocycles. The summed E-state index contributed by atoms with van der Waals surface area (Å²) in [5, 5.41) is 0. The van der Waals surface area contributed by atoms with Gasteiger partial charge in [0, 0.05) is 0 Å². The van der Waals surface area contributed by atoms with Crippen molar-refractivity contribution in [2.45, 2.75) is 135 Å².